The van der Waals surface area contributed by atoms with Gasteiger partial charge in [-0.05, 0) is 37.2 Å². The molecule has 4 nitrogen and oxygen atoms in total. The quantitative estimate of drug-likeness (QED) is 0.894. The van der Waals surface area contributed by atoms with E-state index in [1.54, 1.807) is 6.07 Å². The number of carboxylic acid groups (broad SMARTS) is 1. The summed E-state index contributed by atoms with van der Waals surface area (Å²) in [5.41, 5.74) is 0.0319. The molecule has 2 atom stereocenters. The van der Waals surface area contributed by atoms with Crippen LogP contribution in [0.4, 0.5) is 0 Å². The van der Waals surface area contributed by atoms with Crippen LogP contribution in [-0.2, 0) is 0 Å². The number of hydrogen-bond acceptors (Lipinski definition) is 3. The first-order valence-electron chi connectivity index (χ1n) is 6.40. The second kappa shape index (κ2) is 5.38. The number of pyridine rings is 1. The van der Waals surface area contributed by atoms with Crippen LogP contribution in [0.1, 0.15) is 43.6 Å². The monoisotopic (exact) mass is 249 g/mol. The fourth-order valence-electron chi connectivity index (χ4n) is 2.76. The molecule has 0 aromatic carbocycles. The van der Waals surface area contributed by atoms with E-state index in [2.05, 4.69) is 18.8 Å². The van der Waals surface area contributed by atoms with Crippen LogP contribution in [0.5, 0.6) is 5.75 Å². The van der Waals surface area contributed by atoms with Crippen LogP contribution >= 0.6 is 0 Å². The molecule has 1 aliphatic rings. The molecule has 1 heterocycles. The molecule has 0 saturated heterocycles. The van der Waals surface area contributed by atoms with Crippen molar-refractivity contribution in [2.45, 2.75) is 39.2 Å². The SMILES string of the molecule is CC1CC(C)CC(Oc2ccnc(C(=O)O)c2)C1. The third kappa shape index (κ3) is 3.22. The van der Waals surface area contributed by atoms with Crippen molar-refractivity contribution in [3.63, 3.8) is 0 Å². The van der Waals surface area contributed by atoms with Crippen LogP contribution in [0.15, 0.2) is 18.3 Å². The molecule has 0 bridgehead atoms. The van der Waals surface area contributed by atoms with E-state index < -0.39 is 5.97 Å². The highest BCUT2D eigenvalue weighted by molar-refractivity contribution is 5.85. The van der Waals surface area contributed by atoms with Gasteiger partial charge < -0.3 is 9.84 Å². The molecule has 1 N–H and O–H groups in total. The average Bonchev–Trinajstić information content (AvgIpc) is 2.27. The lowest BCUT2D eigenvalue weighted by molar-refractivity contribution is 0.0687. The van der Waals surface area contributed by atoms with Gasteiger partial charge in [0.1, 0.15) is 5.75 Å². The Kier molecular flexibility index (Phi) is 3.84. The van der Waals surface area contributed by atoms with Crippen molar-refractivity contribution in [3.8, 4) is 5.75 Å². The minimum Gasteiger partial charge on any atom is -0.490 e. The van der Waals surface area contributed by atoms with E-state index in [0.717, 1.165) is 12.8 Å². The van der Waals surface area contributed by atoms with Gasteiger partial charge in [-0.15, -0.1) is 0 Å². The van der Waals surface area contributed by atoms with Crippen LogP contribution in [0.25, 0.3) is 0 Å². The third-order valence-electron chi connectivity index (χ3n) is 3.39. The van der Waals surface area contributed by atoms with Gasteiger partial charge in [0.25, 0.3) is 0 Å². The summed E-state index contributed by atoms with van der Waals surface area (Å²) in [5, 5.41) is 8.88. The Balaban J connectivity index is 2.04. The Bertz CT molecular complexity index is 423. The summed E-state index contributed by atoms with van der Waals surface area (Å²) >= 11 is 0. The summed E-state index contributed by atoms with van der Waals surface area (Å²) in [6, 6.07) is 3.21. The molecule has 0 radical (unpaired) electrons. The number of rotatable bonds is 3. The molecule has 1 fully saturated rings. The van der Waals surface area contributed by atoms with Crippen LogP contribution in [0, 0.1) is 11.8 Å². The second-order valence-corrected chi connectivity index (χ2v) is 5.34. The molecule has 1 aromatic rings. The van der Waals surface area contributed by atoms with E-state index in [9.17, 15) is 4.79 Å². The minimum absolute atomic E-state index is 0.0319. The van der Waals surface area contributed by atoms with Crippen molar-refractivity contribution in [2.75, 3.05) is 0 Å². The predicted octanol–water partition coefficient (Wildman–Crippen LogP) is 2.98. The Hall–Kier alpha value is -1.58. The number of carbonyl (C=O) groups is 1. The van der Waals surface area contributed by atoms with E-state index in [-0.39, 0.29) is 11.8 Å². The zero-order chi connectivity index (χ0) is 13.1. The van der Waals surface area contributed by atoms with E-state index in [4.69, 9.17) is 9.84 Å². The molecule has 1 aromatic heterocycles. The first kappa shape index (κ1) is 12.9. The standard InChI is InChI=1S/C14H19NO3/c1-9-5-10(2)7-12(6-9)18-11-3-4-15-13(8-11)14(16)17/h3-4,8-10,12H,5-7H2,1-2H3,(H,16,17). The summed E-state index contributed by atoms with van der Waals surface area (Å²) in [6.07, 6.45) is 4.99. The highest BCUT2D eigenvalue weighted by atomic mass is 16.5. The van der Waals surface area contributed by atoms with Crippen molar-refractivity contribution < 1.29 is 14.6 Å². The number of ether oxygens (including phenoxy) is 1. The maximum absolute atomic E-state index is 10.8. The van der Waals surface area contributed by atoms with Gasteiger partial charge in [0.15, 0.2) is 5.69 Å². The van der Waals surface area contributed by atoms with Gasteiger partial charge in [-0.25, -0.2) is 9.78 Å². The van der Waals surface area contributed by atoms with Crippen molar-refractivity contribution in [2.24, 2.45) is 11.8 Å². The summed E-state index contributed by atoms with van der Waals surface area (Å²) in [7, 11) is 0. The van der Waals surface area contributed by atoms with Crippen LogP contribution in [-0.4, -0.2) is 22.2 Å². The molecule has 18 heavy (non-hydrogen) atoms. The zero-order valence-corrected chi connectivity index (χ0v) is 10.8. The first-order chi connectivity index (χ1) is 8.54. The minimum atomic E-state index is -1.02. The smallest absolute Gasteiger partial charge is 0.354 e. The van der Waals surface area contributed by atoms with E-state index in [1.807, 2.05) is 0 Å². The predicted molar refractivity (Wildman–Crippen MR) is 67.8 cm³/mol. The van der Waals surface area contributed by atoms with Gasteiger partial charge in [-0.1, -0.05) is 13.8 Å². The second-order valence-electron chi connectivity index (χ2n) is 5.34. The average molecular weight is 249 g/mol. The maximum atomic E-state index is 10.8. The van der Waals surface area contributed by atoms with Crippen molar-refractivity contribution in [1.29, 1.82) is 0 Å². The first-order valence-corrected chi connectivity index (χ1v) is 6.40. The van der Waals surface area contributed by atoms with E-state index >= 15 is 0 Å². The van der Waals surface area contributed by atoms with Crippen LogP contribution in [0.2, 0.25) is 0 Å². The molecule has 0 spiro atoms. The molecular weight excluding hydrogens is 230 g/mol. The molecule has 0 aliphatic heterocycles. The normalized spacial score (nSPS) is 27.8. The van der Waals surface area contributed by atoms with E-state index in [1.165, 1.54) is 18.7 Å². The Morgan fingerprint density at radius 1 is 1.33 bits per heavy atom. The number of aromatic nitrogens is 1. The van der Waals surface area contributed by atoms with Crippen LogP contribution in [0.3, 0.4) is 0 Å². The molecule has 1 saturated carbocycles. The van der Waals surface area contributed by atoms with Gasteiger partial charge in [0, 0.05) is 12.3 Å². The third-order valence-corrected chi connectivity index (χ3v) is 3.39. The molecular formula is C14H19NO3. The van der Waals surface area contributed by atoms with Crippen molar-refractivity contribution in [3.05, 3.63) is 24.0 Å². The molecule has 2 unspecified atom stereocenters. The van der Waals surface area contributed by atoms with Gasteiger partial charge in [-0.3, -0.25) is 0 Å². The lowest BCUT2D eigenvalue weighted by Crippen LogP contribution is -2.28. The molecule has 1 aliphatic carbocycles. The Labute approximate surface area is 107 Å². The maximum Gasteiger partial charge on any atom is 0.354 e. The largest absolute Gasteiger partial charge is 0.490 e. The lowest BCUT2D eigenvalue weighted by Gasteiger charge is -2.31. The van der Waals surface area contributed by atoms with E-state index in [0.29, 0.717) is 17.6 Å². The van der Waals surface area contributed by atoms with Gasteiger partial charge in [0.2, 0.25) is 0 Å². The molecule has 2 rings (SSSR count). The Morgan fingerprint density at radius 2 is 2.00 bits per heavy atom. The molecule has 0 amide bonds. The molecule has 4 heteroatoms. The van der Waals surface area contributed by atoms with Gasteiger partial charge >= 0.3 is 5.97 Å². The number of carboxylic acids is 1. The van der Waals surface area contributed by atoms with Crippen molar-refractivity contribution >= 4 is 5.97 Å². The van der Waals surface area contributed by atoms with Crippen LogP contribution < -0.4 is 4.74 Å². The van der Waals surface area contributed by atoms with Gasteiger partial charge in [0.05, 0.1) is 6.10 Å². The van der Waals surface area contributed by atoms with Crippen molar-refractivity contribution in [1.82, 2.24) is 4.98 Å². The summed E-state index contributed by atoms with van der Waals surface area (Å²) in [5.74, 6) is 0.915. The fourth-order valence-corrected chi connectivity index (χ4v) is 2.76. The zero-order valence-electron chi connectivity index (χ0n) is 10.8. The highest BCUT2D eigenvalue weighted by Gasteiger charge is 2.25. The lowest BCUT2D eigenvalue weighted by atomic mass is 9.82. The molecule has 98 valence electrons. The topological polar surface area (TPSA) is 59.4 Å². The summed E-state index contributed by atoms with van der Waals surface area (Å²) in [4.78, 5) is 14.6. The number of aromatic carboxylic acids is 1. The fraction of sp³-hybridized carbons (Fsp3) is 0.571. The van der Waals surface area contributed by atoms with Gasteiger partial charge in [-0.2, -0.15) is 0 Å². The number of hydrogen-bond donors (Lipinski definition) is 1. The summed E-state index contributed by atoms with van der Waals surface area (Å²) in [6.45, 7) is 4.47. The number of nitrogens with zero attached hydrogens (tertiary/aromatic N) is 1. The summed E-state index contributed by atoms with van der Waals surface area (Å²) < 4.78 is 5.88. The Morgan fingerprint density at radius 3 is 2.61 bits per heavy atom. The highest BCUT2D eigenvalue weighted by Crippen LogP contribution is 2.31.